The zero-order valence-corrected chi connectivity index (χ0v) is 12.5. The van der Waals surface area contributed by atoms with Crippen molar-refractivity contribution in [1.29, 1.82) is 0 Å². The molecule has 2 atom stereocenters. The fourth-order valence-electron chi connectivity index (χ4n) is 2.90. The van der Waals surface area contributed by atoms with Crippen LogP contribution in [-0.4, -0.2) is 17.6 Å². The Kier molecular flexibility index (Phi) is 5.77. The molecule has 1 fully saturated rings. The van der Waals surface area contributed by atoms with Crippen LogP contribution < -0.4 is 10.1 Å². The zero-order valence-electron chi connectivity index (χ0n) is 12.5. The SMILES string of the molecule is CCNCc1cc(F)cnc1OC1CCCCC1CC. The minimum Gasteiger partial charge on any atom is -0.474 e. The van der Waals surface area contributed by atoms with Crippen molar-refractivity contribution in [3.63, 3.8) is 0 Å². The van der Waals surface area contributed by atoms with Crippen molar-refractivity contribution in [2.75, 3.05) is 6.54 Å². The van der Waals surface area contributed by atoms with Crippen LogP contribution in [0.2, 0.25) is 0 Å². The summed E-state index contributed by atoms with van der Waals surface area (Å²) in [6.45, 7) is 5.68. The molecule has 2 rings (SSSR count). The van der Waals surface area contributed by atoms with Crippen LogP contribution in [0, 0.1) is 11.7 Å². The normalized spacial score (nSPS) is 22.8. The van der Waals surface area contributed by atoms with Crippen LogP contribution in [0.1, 0.15) is 51.5 Å². The molecule has 1 N–H and O–H groups in total. The van der Waals surface area contributed by atoms with Crippen molar-refractivity contribution in [3.05, 3.63) is 23.6 Å². The average Bonchev–Trinajstić information content (AvgIpc) is 2.48. The lowest BCUT2D eigenvalue weighted by molar-refractivity contribution is 0.0845. The van der Waals surface area contributed by atoms with Crippen LogP contribution in [0.25, 0.3) is 0 Å². The molecule has 4 heteroatoms. The number of ether oxygens (including phenoxy) is 1. The van der Waals surface area contributed by atoms with Crippen LogP contribution in [0.4, 0.5) is 4.39 Å². The molecule has 0 spiro atoms. The Morgan fingerprint density at radius 3 is 2.90 bits per heavy atom. The largest absolute Gasteiger partial charge is 0.474 e. The molecule has 0 bridgehead atoms. The second-order valence-electron chi connectivity index (χ2n) is 5.51. The van der Waals surface area contributed by atoms with E-state index < -0.39 is 0 Å². The van der Waals surface area contributed by atoms with E-state index >= 15 is 0 Å². The van der Waals surface area contributed by atoms with Crippen molar-refractivity contribution < 1.29 is 9.13 Å². The molecule has 1 heterocycles. The standard InChI is InChI=1S/C16H25FN2O/c1-3-12-7-5-6-8-15(12)20-16-13(10-18-4-2)9-14(17)11-19-16/h9,11-12,15,18H,3-8,10H2,1-2H3. The van der Waals surface area contributed by atoms with E-state index in [1.54, 1.807) is 0 Å². The molecule has 0 aromatic carbocycles. The third-order valence-electron chi connectivity index (χ3n) is 4.08. The molecule has 0 saturated heterocycles. The van der Waals surface area contributed by atoms with E-state index in [0.717, 1.165) is 24.9 Å². The zero-order chi connectivity index (χ0) is 14.4. The highest BCUT2D eigenvalue weighted by atomic mass is 19.1. The first-order valence-electron chi connectivity index (χ1n) is 7.76. The molecular weight excluding hydrogens is 255 g/mol. The van der Waals surface area contributed by atoms with Crippen LogP contribution in [0.5, 0.6) is 5.88 Å². The van der Waals surface area contributed by atoms with Gasteiger partial charge in [-0.15, -0.1) is 0 Å². The molecule has 1 aliphatic rings. The third kappa shape index (κ3) is 3.92. The monoisotopic (exact) mass is 280 g/mol. The third-order valence-corrected chi connectivity index (χ3v) is 4.08. The number of pyridine rings is 1. The number of halogens is 1. The van der Waals surface area contributed by atoms with E-state index in [1.165, 1.54) is 31.5 Å². The number of hydrogen-bond acceptors (Lipinski definition) is 3. The second-order valence-corrected chi connectivity index (χ2v) is 5.51. The van der Waals surface area contributed by atoms with Crippen molar-refractivity contribution in [2.24, 2.45) is 5.92 Å². The van der Waals surface area contributed by atoms with Gasteiger partial charge in [-0.1, -0.05) is 20.3 Å². The molecule has 1 aliphatic carbocycles. The van der Waals surface area contributed by atoms with Crippen LogP contribution in [0.3, 0.4) is 0 Å². The molecule has 1 aromatic rings. The van der Waals surface area contributed by atoms with Gasteiger partial charge in [-0.3, -0.25) is 0 Å². The molecule has 3 nitrogen and oxygen atoms in total. The van der Waals surface area contributed by atoms with Gasteiger partial charge in [0.2, 0.25) is 5.88 Å². The first-order chi connectivity index (χ1) is 9.74. The van der Waals surface area contributed by atoms with Gasteiger partial charge in [0.1, 0.15) is 11.9 Å². The number of nitrogens with one attached hydrogen (secondary N) is 1. The van der Waals surface area contributed by atoms with Crippen molar-refractivity contribution in [1.82, 2.24) is 10.3 Å². The Morgan fingerprint density at radius 1 is 1.35 bits per heavy atom. The second kappa shape index (κ2) is 7.58. The summed E-state index contributed by atoms with van der Waals surface area (Å²) < 4.78 is 19.5. The fourth-order valence-corrected chi connectivity index (χ4v) is 2.90. The Hall–Kier alpha value is -1.16. The Bertz CT molecular complexity index is 425. The summed E-state index contributed by atoms with van der Waals surface area (Å²) in [6, 6.07) is 1.52. The smallest absolute Gasteiger partial charge is 0.218 e. The van der Waals surface area contributed by atoms with Gasteiger partial charge in [-0.2, -0.15) is 0 Å². The highest BCUT2D eigenvalue weighted by Gasteiger charge is 2.26. The summed E-state index contributed by atoms with van der Waals surface area (Å²) >= 11 is 0. The summed E-state index contributed by atoms with van der Waals surface area (Å²) in [5.41, 5.74) is 0.812. The lowest BCUT2D eigenvalue weighted by Crippen LogP contribution is -2.30. The summed E-state index contributed by atoms with van der Waals surface area (Å²) in [7, 11) is 0. The van der Waals surface area contributed by atoms with E-state index in [2.05, 4.69) is 17.2 Å². The maximum absolute atomic E-state index is 13.4. The van der Waals surface area contributed by atoms with E-state index in [9.17, 15) is 4.39 Å². The summed E-state index contributed by atoms with van der Waals surface area (Å²) in [5.74, 6) is 0.890. The highest BCUT2D eigenvalue weighted by Crippen LogP contribution is 2.31. The Morgan fingerprint density at radius 2 is 2.15 bits per heavy atom. The molecule has 1 saturated carbocycles. The van der Waals surface area contributed by atoms with E-state index in [-0.39, 0.29) is 11.9 Å². The lowest BCUT2D eigenvalue weighted by Gasteiger charge is -2.31. The maximum atomic E-state index is 13.4. The van der Waals surface area contributed by atoms with Crippen molar-refractivity contribution in [3.8, 4) is 5.88 Å². The minimum absolute atomic E-state index is 0.229. The van der Waals surface area contributed by atoms with E-state index in [4.69, 9.17) is 4.74 Å². The van der Waals surface area contributed by atoms with E-state index in [1.807, 2.05) is 6.92 Å². The predicted molar refractivity (Wildman–Crippen MR) is 78.2 cm³/mol. The molecule has 0 aliphatic heterocycles. The molecule has 0 radical (unpaired) electrons. The topological polar surface area (TPSA) is 34.2 Å². The van der Waals surface area contributed by atoms with Gasteiger partial charge < -0.3 is 10.1 Å². The number of nitrogens with zero attached hydrogens (tertiary/aromatic N) is 1. The average molecular weight is 280 g/mol. The number of hydrogen-bond donors (Lipinski definition) is 1. The van der Waals surface area contributed by atoms with Gasteiger partial charge >= 0.3 is 0 Å². The molecule has 1 aromatic heterocycles. The maximum Gasteiger partial charge on any atom is 0.218 e. The number of rotatable bonds is 6. The van der Waals surface area contributed by atoms with Crippen LogP contribution in [-0.2, 0) is 6.54 Å². The molecular formula is C16H25FN2O. The van der Waals surface area contributed by atoms with Gasteiger partial charge in [-0.25, -0.2) is 9.37 Å². The quantitative estimate of drug-likeness (QED) is 0.863. The van der Waals surface area contributed by atoms with Gasteiger partial charge in [0, 0.05) is 12.1 Å². The van der Waals surface area contributed by atoms with Crippen LogP contribution >= 0.6 is 0 Å². The minimum atomic E-state index is -0.305. The summed E-state index contributed by atoms with van der Waals surface area (Å²) in [4.78, 5) is 4.16. The summed E-state index contributed by atoms with van der Waals surface area (Å²) in [6.07, 6.45) is 7.42. The number of aromatic nitrogens is 1. The van der Waals surface area contributed by atoms with Crippen LogP contribution in [0.15, 0.2) is 12.3 Å². The van der Waals surface area contributed by atoms with Gasteiger partial charge in [-0.05, 0) is 44.2 Å². The van der Waals surface area contributed by atoms with E-state index in [0.29, 0.717) is 18.3 Å². The first kappa shape index (κ1) is 15.2. The summed E-state index contributed by atoms with van der Waals surface area (Å²) in [5, 5.41) is 3.21. The van der Waals surface area contributed by atoms with Gasteiger partial charge in [0.25, 0.3) is 0 Å². The molecule has 20 heavy (non-hydrogen) atoms. The Balaban J connectivity index is 2.10. The van der Waals surface area contributed by atoms with Gasteiger partial charge in [0.05, 0.1) is 6.20 Å². The highest BCUT2D eigenvalue weighted by molar-refractivity contribution is 5.26. The van der Waals surface area contributed by atoms with Crippen molar-refractivity contribution >= 4 is 0 Å². The van der Waals surface area contributed by atoms with Crippen molar-refractivity contribution in [2.45, 2.75) is 58.6 Å². The molecule has 112 valence electrons. The fraction of sp³-hybridized carbons (Fsp3) is 0.688. The Labute approximate surface area is 120 Å². The lowest BCUT2D eigenvalue weighted by atomic mass is 9.85. The molecule has 2 unspecified atom stereocenters. The predicted octanol–water partition coefficient (Wildman–Crippen LogP) is 3.68. The first-order valence-corrected chi connectivity index (χ1v) is 7.76. The molecule has 0 amide bonds. The van der Waals surface area contributed by atoms with Gasteiger partial charge in [0.15, 0.2) is 0 Å².